The zero-order valence-corrected chi connectivity index (χ0v) is 6.96. The third-order valence-corrected chi connectivity index (χ3v) is 2.64. The first-order valence-electron chi connectivity index (χ1n) is 3.19. The summed E-state index contributed by atoms with van der Waals surface area (Å²) in [6, 6.07) is 0. The van der Waals surface area contributed by atoms with Gasteiger partial charge in [0.25, 0.3) is 0 Å². The number of rotatable bonds is 4. The van der Waals surface area contributed by atoms with Crippen molar-refractivity contribution in [1.82, 2.24) is 0 Å². The Morgan fingerprint density at radius 2 is 1.44 bits per heavy atom. The van der Waals surface area contributed by atoms with Gasteiger partial charge in [0.2, 0.25) is 0 Å². The van der Waals surface area contributed by atoms with Crippen molar-refractivity contribution in [3.63, 3.8) is 0 Å². The summed E-state index contributed by atoms with van der Waals surface area (Å²) in [6.45, 7) is 3.55. The highest BCUT2D eigenvalue weighted by molar-refractivity contribution is 7.38. The van der Waals surface area contributed by atoms with Gasteiger partial charge in [0.15, 0.2) is 0 Å². The molecule has 0 aromatic heterocycles. The maximum atomic E-state index is 8.79. The van der Waals surface area contributed by atoms with Crippen molar-refractivity contribution in [2.45, 2.75) is 26.1 Å². The van der Waals surface area contributed by atoms with Crippen molar-refractivity contribution in [2.24, 2.45) is 0 Å². The first-order valence-corrected chi connectivity index (χ1v) is 4.61. The molecule has 0 aliphatic heterocycles. The molecule has 0 rings (SSSR count). The Labute approximate surface area is 58.1 Å². The van der Waals surface area contributed by atoms with Crippen LogP contribution in [0.5, 0.6) is 0 Å². The molecule has 3 heteroatoms. The molecule has 0 heterocycles. The van der Waals surface area contributed by atoms with Crippen LogP contribution < -0.4 is 0 Å². The van der Waals surface area contributed by atoms with Crippen LogP contribution in [0.1, 0.15) is 13.8 Å². The number of aliphatic hydroxyl groups excluding tert-OH is 2. The Balaban J connectivity index is 2.91. The third-order valence-electron chi connectivity index (χ3n) is 0.879. The van der Waals surface area contributed by atoms with Crippen LogP contribution in [-0.4, -0.2) is 34.7 Å². The minimum Gasteiger partial charge on any atom is -0.393 e. The zero-order valence-electron chi connectivity index (χ0n) is 5.96. The molecule has 0 bridgehead atoms. The number of aliphatic hydroxyl groups is 2. The lowest BCUT2D eigenvalue weighted by molar-refractivity contribution is 0.214. The molecule has 2 N–H and O–H groups in total. The summed E-state index contributed by atoms with van der Waals surface area (Å²) in [5.41, 5.74) is 0. The third kappa shape index (κ3) is 8.35. The summed E-state index contributed by atoms with van der Waals surface area (Å²) in [6.07, 6.45) is 1.24. The Hall–Kier alpha value is 0.350. The number of hydrogen-bond acceptors (Lipinski definition) is 2. The second-order valence-electron chi connectivity index (χ2n) is 2.36. The molecule has 2 atom stereocenters. The summed E-state index contributed by atoms with van der Waals surface area (Å²) in [7, 11) is 0.693. The second kappa shape index (κ2) is 5.16. The van der Waals surface area contributed by atoms with Gasteiger partial charge < -0.3 is 10.2 Å². The smallest absolute Gasteiger partial charge is 0.0548 e. The van der Waals surface area contributed by atoms with Crippen molar-refractivity contribution in [1.29, 1.82) is 0 Å². The van der Waals surface area contributed by atoms with E-state index in [4.69, 9.17) is 10.2 Å². The first-order chi connectivity index (χ1) is 4.13. The molecule has 2 nitrogen and oxygen atoms in total. The standard InChI is InChI=1S/C6H15O2P/c1-5(7)3-9-4-6(2)8/h5-9H,3-4H2,1-2H3. The van der Waals surface area contributed by atoms with Gasteiger partial charge in [-0.3, -0.25) is 0 Å². The van der Waals surface area contributed by atoms with Gasteiger partial charge >= 0.3 is 0 Å². The highest BCUT2D eigenvalue weighted by Gasteiger charge is 1.97. The molecule has 56 valence electrons. The summed E-state index contributed by atoms with van der Waals surface area (Å²) >= 11 is 0. The lowest BCUT2D eigenvalue weighted by Gasteiger charge is -2.05. The zero-order chi connectivity index (χ0) is 7.28. The van der Waals surface area contributed by atoms with Crippen LogP contribution in [0.3, 0.4) is 0 Å². The molecule has 0 amide bonds. The highest BCUT2D eigenvalue weighted by atomic mass is 31.1. The van der Waals surface area contributed by atoms with Gasteiger partial charge in [0.1, 0.15) is 0 Å². The van der Waals surface area contributed by atoms with Crippen LogP contribution >= 0.6 is 8.58 Å². The molecule has 0 radical (unpaired) electrons. The minimum absolute atomic E-state index is 0.206. The maximum Gasteiger partial charge on any atom is 0.0548 e. The lowest BCUT2D eigenvalue weighted by atomic mass is 10.5. The lowest BCUT2D eigenvalue weighted by Crippen LogP contribution is -2.07. The van der Waals surface area contributed by atoms with Crippen molar-refractivity contribution in [2.75, 3.05) is 12.3 Å². The van der Waals surface area contributed by atoms with E-state index in [2.05, 4.69) is 0 Å². The summed E-state index contributed by atoms with van der Waals surface area (Å²) in [5.74, 6) is 0. The Morgan fingerprint density at radius 1 is 1.11 bits per heavy atom. The van der Waals surface area contributed by atoms with Gasteiger partial charge in [-0.25, -0.2) is 0 Å². The van der Waals surface area contributed by atoms with Crippen LogP contribution in [0.15, 0.2) is 0 Å². The van der Waals surface area contributed by atoms with Crippen LogP contribution in [0, 0.1) is 0 Å². The van der Waals surface area contributed by atoms with E-state index in [0.717, 1.165) is 12.3 Å². The average Bonchev–Trinajstić information content (AvgIpc) is 1.63. The van der Waals surface area contributed by atoms with E-state index in [-0.39, 0.29) is 12.2 Å². The monoisotopic (exact) mass is 150 g/mol. The minimum atomic E-state index is -0.206. The fourth-order valence-electron chi connectivity index (χ4n) is 0.501. The normalized spacial score (nSPS) is 18.7. The Morgan fingerprint density at radius 3 is 1.67 bits per heavy atom. The summed E-state index contributed by atoms with van der Waals surface area (Å²) in [4.78, 5) is 0. The summed E-state index contributed by atoms with van der Waals surface area (Å²) < 4.78 is 0. The topological polar surface area (TPSA) is 40.5 Å². The molecule has 0 aliphatic carbocycles. The quantitative estimate of drug-likeness (QED) is 0.570. The number of hydrogen-bond donors (Lipinski definition) is 2. The van der Waals surface area contributed by atoms with E-state index < -0.39 is 0 Å². The molecule has 0 aromatic carbocycles. The Bertz CT molecular complexity index is 56.1. The van der Waals surface area contributed by atoms with Gasteiger partial charge in [0.05, 0.1) is 12.2 Å². The van der Waals surface area contributed by atoms with E-state index >= 15 is 0 Å². The second-order valence-corrected chi connectivity index (χ2v) is 3.67. The van der Waals surface area contributed by atoms with Crippen molar-refractivity contribution in [3.05, 3.63) is 0 Å². The van der Waals surface area contributed by atoms with Crippen molar-refractivity contribution in [3.8, 4) is 0 Å². The fraction of sp³-hybridized carbons (Fsp3) is 1.00. The highest BCUT2D eigenvalue weighted by Crippen LogP contribution is 2.12. The van der Waals surface area contributed by atoms with E-state index in [1.807, 2.05) is 0 Å². The molecule has 0 fully saturated rings. The largest absolute Gasteiger partial charge is 0.393 e. The van der Waals surface area contributed by atoms with Crippen LogP contribution in [0.25, 0.3) is 0 Å². The fourth-order valence-corrected chi connectivity index (χ4v) is 1.50. The molecule has 0 saturated carbocycles. The summed E-state index contributed by atoms with van der Waals surface area (Å²) in [5, 5.41) is 17.6. The van der Waals surface area contributed by atoms with E-state index in [0.29, 0.717) is 8.58 Å². The molecular formula is C6H15O2P. The van der Waals surface area contributed by atoms with E-state index in [1.54, 1.807) is 13.8 Å². The molecule has 2 unspecified atom stereocenters. The van der Waals surface area contributed by atoms with E-state index in [1.165, 1.54) is 0 Å². The van der Waals surface area contributed by atoms with Crippen molar-refractivity contribution < 1.29 is 10.2 Å². The van der Waals surface area contributed by atoms with Gasteiger partial charge in [-0.05, 0) is 26.2 Å². The first kappa shape index (κ1) is 9.35. The van der Waals surface area contributed by atoms with Crippen LogP contribution in [-0.2, 0) is 0 Å². The SMILES string of the molecule is CC(O)CPCC(C)O. The molecular weight excluding hydrogens is 135 g/mol. The van der Waals surface area contributed by atoms with Gasteiger partial charge in [-0.1, -0.05) is 0 Å². The predicted molar refractivity (Wildman–Crippen MR) is 41.4 cm³/mol. The molecule has 0 aliphatic rings. The maximum absolute atomic E-state index is 8.79. The van der Waals surface area contributed by atoms with Crippen molar-refractivity contribution >= 4 is 8.58 Å². The van der Waals surface area contributed by atoms with E-state index in [9.17, 15) is 0 Å². The average molecular weight is 150 g/mol. The molecule has 0 saturated heterocycles. The predicted octanol–water partition coefficient (Wildman–Crippen LogP) is 0.427. The van der Waals surface area contributed by atoms with Gasteiger partial charge in [-0.15, -0.1) is 8.58 Å². The molecule has 9 heavy (non-hydrogen) atoms. The van der Waals surface area contributed by atoms with Crippen LogP contribution in [0.4, 0.5) is 0 Å². The van der Waals surface area contributed by atoms with Gasteiger partial charge in [0, 0.05) is 0 Å². The van der Waals surface area contributed by atoms with Crippen LogP contribution in [0.2, 0.25) is 0 Å². The van der Waals surface area contributed by atoms with Gasteiger partial charge in [-0.2, -0.15) is 0 Å². The molecule has 0 spiro atoms. The Kier molecular flexibility index (Phi) is 5.36. The molecule has 0 aromatic rings.